The molecule has 5 rings (SSSR count). The molecule has 0 unspecified atom stereocenters. The lowest BCUT2D eigenvalue weighted by Gasteiger charge is -2.24. The van der Waals surface area contributed by atoms with Crippen molar-refractivity contribution in [2.75, 3.05) is 10.6 Å². The first-order valence-corrected chi connectivity index (χ1v) is 12.1. The molecule has 1 atom stereocenters. The summed E-state index contributed by atoms with van der Waals surface area (Å²) in [6.45, 7) is 1.99. The second kappa shape index (κ2) is 9.55. The van der Waals surface area contributed by atoms with Crippen LogP contribution in [0.1, 0.15) is 56.5 Å². The first kappa shape index (κ1) is 21.3. The highest BCUT2D eigenvalue weighted by molar-refractivity contribution is 7.16. The zero-order chi connectivity index (χ0) is 22.6. The quantitative estimate of drug-likeness (QED) is 0.365. The Hall–Kier alpha value is -3.51. The summed E-state index contributed by atoms with van der Waals surface area (Å²) in [6.07, 6.45) is 8.09. The fourth-order valence-corrected chi connectivity index (χ4v) is 5.72. The molecule has 6 heteroatoms. The van der Waals surface area contributed by atoms with E-state index in [2.05, 4.69) is 26.7 Å². The molecule has 0 aliphatic heterocycles. The Labute approximate surface area is 197 Å². The number of benzene rings is 1. The minimum Gasteiger partial charge on any atom is -0.359 e. The molecule has 1 amide bonds. The molecule has 0 radical (unpaired) electrons. The van der Waals surface area contributed by atoms with Gasteiger partial charge in [-0.1, -0.05) is 30.3 Å². The molecule has 5 nitrogen and oxygen atoms in total. The van der Waals surface area contributed by atoms with Gasteiger partial charge in [0.25, 0.3) is 5.91 Å². The van der Waals surface area contributed by atoms with Crippen molar-refractivity contribution in [2.45, 2.75) is 38.6 Å². The highest BCUT2D eigenvalue weighted by atomic mass is 32.1. The van der Waals surface area contributed by atoms with Crippen LogP contribution in [0.15, 0.2) is 73.1 Å². The fraction of sp³-hybridized carbons (Fsp3) is 0.222. The summed E-state index contributed by atoms with van der Waals surface area (Å²) in [5, 5.41) is 7.78. The normalized spacial score (nSPS) is 13.7. The SMILES string of the molecule is Cc1cccc(N[C@H](c2cccnc2)c2c(NC(=O)c3ccccc3)sc3c2CCCC3)n1. The predicted octanol–water partition coefficient (Wildman–Crippen LogP) is 6.18. The number of rotatable bonds is 6. The minimum atomic E-state index is -0.169. The number of pyridine rings is 2. The molecule has 0 saturated carbocycles. The Kier molecular flexibility index (Phi) is 6.17. The Morgan fingerprint density at radius 3 is 2.64 bits per heavy atom. The number of nitrogens with one attached hydrogen (secondary N) is 2. The number of amides is 1. The number of carbonyl (C=O) groups is 1. The summed E-state index contributed by atoms with van der Waals surface area (Å²) in [4.78, 5) is 23.5. The molecular weight excluding hydrogens is 428 g/mol. The molecule has 1 aromatic carbocycles. The van der Waals surface area contributed by atoms with Gasteiger partial charge in [-0.3, -0.25) is 9.78 Å². The van der Waals surface area contributed by atoms with E-state index in [4.69, 9.17) is 0 Å². The summed E-state index contributed by atoms with van der Waals surface area (Å²) < 4.78 is 0. The average molecular weight is 455 g/mol. The van der Waals surface area contributed by atoms with E-state index in [1.165, 1.54) is 16.9 Å². The highest BCUT2D eigenvalue weighted by Gasteiger charge is 2.29. The second-order valence-electron chi connectivity index (χ2n) is 8.30. The van der Waals surface area contributed by atoms with Gasteiger partial charge < -0.3 is 10.6 Å². The smallest absolute Gasteiger partial charge is 0.256 e. The van der Waals surface area contributed by atoms with Crippen molar-refractivity contribution in [1.82, 2.24) is 9.97 Å². The van der Waals surface area contributed by atoms with Crippen LogP contribution in [0.5, 0.6) is 0 Å². The minimum absolute atomic E-state index is 0.0888. The number of hydrogen-bond donors (Lipinski definition) is 2. The first-order valence-electron chi connectivity index (χ1n) is 11.3. The van der Waals surface area contributed by atoms with Gasteiger partial charge >= 0.3 is 0 Å². The Morgan fingerprint density at radius 2 is 1.85 bits per heavy atom. The zero-order valence-electron chi connectivity index (χ0n) is 18.5. The van der Waals surface area contributed by atoms with E-state index in [1.54, 1.807) is 17.5 Å². The molecule has 0 bridgehead atoms. The molecule has 2 N–H and O–H groups in total. The number of carbonyl (C=O) groups excluding carboxylic acids is 1. The summed E-state index contributed by atoms with van der Waals surface area (Å²) in [5.74, 6) is 0.717. The van der Waals surface area contributed by atoms with Crippen molar-refractivity contribution < 1.29 is 4.79 Å². The van der Waals surface area contributed by atoms with Gasteiger partial charge in [0, 0.05) is 34.1 Å². The summed E-state index contributed by atoms with van der Waals surface area (Å²) in [7, 11) is 0. The van der Waals surface area contributed by atoms with E-state index in [-0.39, 0.29) is 11.9 Å². The lowest BCUT2D eigenvalue weighted by Crippen LogP contribution is -2.19. The number of aryl methyl sites for hydroxylation is 2. The number of anilines is 2. The standard InChI is InChI=1S/C27H26N4OS/c1-18-9-7-15-23(29-18)30-25(20-12-8-16-28-17-20)24-21-13-5-6-14-22(21)33-27(24)31-26(32)19-10-3-2-4-11-19/h2-4,7-12,15-17,25H,5-6,13-14H2,1H3,(H,29,30)(H,31,32)/t25-/m1/s1. The molecule has 3 aromatic heterocycles. The monoisotopic (exact) mass is 454 g/mol. The maximum atomic E-state index is 13.1. The summed E-state index contributed by atoms with van der Waals surface area (Å²) in [6, 6.07) is 19.2. The lowest BCUT2D eigenvalue weighted by atomic mass is 9.90. The Balaban J connectivity index is 1.60. The van der Waals surface area contributed by atoms with E-state index in [9.17, 15) is 4.79 Å². The molecular formula is C27H26N4OS. The van der Waals surface area contributed by atoms with Gasteiger partial charge in [0.2, 0.25) is 0 Å². The molecule has 166 valence electrons. The van der Waals surface area contributed by atoms with E-state index >= 15 is 0 Å². The number of hydrogen-bond acceptors (Lipinski definition) is 5. The molecule has 1 aliphatic rings. The fourth-order valence-electron chi connectivity index (χ4n) is 4.39. The molecule has 3 heterocycles. The molecule has 4 aromatic rings. The van der Waals surface area contributed by atoms with Gasteiger partial charge in [0.05, 0.1) is 6.04 Å². The van der Waals surface area contributed by atoms with Crippen LogP contribution in [0.25, 0.3) is 0 Å². The van der Waals surface area contributed by atoms with Crippen LogP contribution in [0.4, 0.5) is 10.8 Å². The number of nitrogens with zero attached hydrogens (tertiary/aromatic N) is 2. The highest BCUT2D eigenvalue weighted by Crippen LogP contribution is 2.44. The van der Waals surface area contributed by atoms with E-state index in [0.29, 0.717) is 5.56 Å². The second-order valence-corrected chi connectivity index (χ2v) is 9.41. The van der Waals surface area contributed by atoms with Crippen LogP contribution in [0.2, 0.25) is 0 Å². The van der Waals surface area contributed by atoms with Gasteiger partial charge in [-0.05, 0) is 74.1 Å². The summed E-state index contributed by atoms with van der Waals surface area (Å²) in [5.41, 5.74) is 5.14. The maximum Gasteiger partial charge on any atom is 0.256 e. The van der Waals surface area contributed by atoms with Crippen LogP contribution >= 0.6 is 11.3 Å². The number of aromatic nitrogens is 2. The number of thiophene rings is 1. The third-order valence-electron chi connectivity index (χ3n) is 5.96. The third-order valence-corrected chi connectivity index (χ3v) is 7.19. The first-order chi connectivity index (χ1) is 16.2. The van der Waals surface area contributed by atoms with Crippen molar-refractivity contribution in [3.8, 4) is 0 Å². The van der Waals surface area contributed by atoms with Crippen molar-refractivity contribution in [1.29, 1.82) is 0 Å². The van der Waals surface area contributed by atoms with Crippen LogP contribution in [0, 0.1) is 6.92 Å². The van der Waals surface area contributed by atoms with Crippen molar-refractivity contribution in [3.05, 3.63) is 106 Å². The Morgan fingerprint density at radius 1 is 1.00 bits per heavy atom. The van der Waals surface area contributed by atoms with E-state index in [1.807, 2.05) is 67.7 Å². The molecule has 0 spiro atoms. The van der Waals surface area contributed by atoms with Crippen molar-refractivity contribution in [2.24, 2.45) is 0 Å². The van der Waals surface area contributed by atoms with Crippen LogP contribution in [0.3, 0.4) is 0 Å². The molecule has 0 saturated heterocycles. The largest absolute Gasteiger partial charge is 0.359 e. The molecule has 0 fully saturated rings. The van der Waals surface area contributed by atoms with Crippen molar-refractivity contribution >= 4 is 28.1 Å². The van der Waals surface area contributed by atoms with Gasteiger partial charge in [0.15, 0.2) is 0 Å². The van der Waals surface area contributed by atoms with Gasteiger partial charge in [-0.2, -0.15) is 0 Å². The van der Waals surface area contributed by atoms with Crippen LogP contribution in [-0.4, -0.2) is 15.9 Å². The van der Waals surface area contributed by atoms with Crippen molar-refractivity contribution in [3.63, 3.8) is 0 Å². The zero-order valence-corrected chi connectivity index (χ0v) is 19.4. The Bertz CT molecular complexity index is 1250. The van der Waals surface area contributed by atoms with Crippen LogP contribution in [-0.2, 0) is 12.8 Å². The lowest BCUT2D eigenvalue weighted by molar-refractivity contribution is 0.102. The molecule has 33 heavy (non-hydrogen) atoms. The topological polar surface area (TPSA) is 66.9 Å². The van der Waals surface area contributed by atoms with Gasteiger partial charge in [-0.15, -0.1) is 11.3 Å². The van der Waals surface area contributed by atoms with Gasteiger partial charge in [0.1, 0.15) is 10.8 Å². The number of fused-ring (bicyclic) bond motifs is 1. The van der Waals surface area contributed by atoms with Crippen LogP contribution < -0.4 is 10.6 Å². The van der Waals surface area contributed by atoms with E-state index in [0.717, 1.165) is 46.9 Å². The predicted molar refractivity (Wildman–Crippen MR) is 134 cm³/mol. The third kappa shape index (κ3) is 4.66. The van der Waals surface area contributed by atoms with E-state index < -0.39 is 0 Å². The molecule has 1 aliphatic carbocycles. The summed E-state index contributed by atoms with van der Waals surface area (Å²) >= 11 is 1.71. The maximum absolute atomic E-state index is 13.1. The average Bonchev–Trinajstić information content (AvgIpc) is 3.21. The van der Waals surface area contributed by atoms with Gasteiger partial charge in [-0.25, -0.2) is 4.98 Å².